The van der Waals surface area contributed by atoms with Crippen LogP contribution in [0.4, 0.5) is 0 Å². The smallest absolute Gasteiger partial charge is 0.396 e. The predicted octanol–water partition coefficient (Wildman–Crippen LogP) is 7.05. The van der Waals surface area contributed by atoms with Crippen molar-refractivity contribution in [2.45, 2.75) is 73.6 Å². The van der Waals surface area contributed by atoms with E-state index in [1.807, 2.05) is 57.7 Å². The Labute approximate surface area is 273 Å². The van der Waals surface area contributed by atoms with Crippen molar-refractivity contribution in [1.82, 2.24) is 39.0 Å². The molecule has 6 aromatic rings. The quantitative estimate of drug-likeness (QED) is 0.169. The van der Waals surface area contributed by atoms with Crippen LogP contribution in [-0.4, -0.2) is 39.0 Å². The first kappa shape index (κ1) is 31.6. The fourth-order valence-corrected chi connectivity index (χ4v) is 5.32. The molecule has 0 aliphatic carbocycles. The van der Waals surface area contributed by atoms with Gasteiger partial charge >= 0.3 is 21.1 Å². The van der Waals surface area contributed by atoms with Crippen molar-refractivity contribution in [2.24, 2.45) is 10.8 Å². The SMILES string of the molecule is CC(C)(C)Cc1cc(C(C)(C)c2cc(CC(C)(C)C)nc(-n3[c-]nc4ccccc43)n2)nc(-n2[c-]nc3ccccc32)n1.[Pt+2]. The van der Waals surface area contributed by atoms with Crippen LogP contribution in [0.2, 0.25) is 0 Å². The second-order valence-electron chi connectivity index (χ2n) is 14.3. The van der Waals surface area contributed by atoms with Gasteiger partial charge in [-0.05, 0) is 71.7 Å². The Kier molecular flexibility index (Phi) is 8.36. The van der Waals surface area contributed by atoms with E-state index < -0.39 is 5.41 Å². The van der Waals surface area contributed by atoms with E-state index in [1.54, 1.807) is 0 Å². The summed E-state index contributed by atoms with van der Waals surface area (Å²) in [6.07, 6.45) is 7.82. The zero-order valence-electron chi connectivity index (χ0n) is 26.6. The summed E-state index contributed by atoms with van der Waals surface area (Å²) in [7, 11) is 0. The third-order valence-electron chi connectivity index (χ3n) is 7.42. The summed E-state index contributed by atoms with van der Waals surface area (Å²) in [5, 5.41) is 0. The molecule has 0 amide bonds. The van der Waals surface area contributed by atoms with Gasteiger partial charge < -0.3 is 19.1 Å². The average Bonchev–Trinajstić information content (AvgIpc) is 3.55. The van der Waals surface area contributed by atoms with Crippen LogP contribution in [0.15, 0.2) is 60.7 Å². The number of benzene rings is 2. The Morgan fingerprint density at radius 1 is 0.568 bits per heavy atom. The molecule has 2 aromatic carbocycles. The van der Waals surface area contributed by atoms with E-state index in [0.29, 0.717) is 11.9 Å². The molecule has 0 bridgehead atoms. The van der Waals surface area contributed by atoms with Gasteiger partial charge in [0.25, 0.3) is 0 Å². The minimum Gasteiger partial charge on any atom is -0.396 e. The van der Waals surface area contributed by atoms with Gasteiger partial charge in [0.1, 0.15) is 0 Å². The molecule has 0 saturated carbocycles. The molecule has 44 heavy (non-hydrogen) atoms. The number of aromatic nitrogens is 8. The summed E-state index contributed by atoms with van der Waals surface area (Å²) in [5.41, 5.74) is 6.69. The predicted molar refractivity (Wildman–Crippen MR) is 169 cm³/mol. The van der Waals surface area contributed by atoms with E-state index in [1.165, 1.54) is 0 Å². The maximum atomic E-state index is 5.14. The van der Waals surface area contributed by atoms with Crippen molar-refractivity contribution in [2.75, 3.05) is 0 Å². The van der Waals surface area contributed by atoms with Crippen LogP contribution in [-0.2, 0) is 39.3 Å². The second-order valence-corrected chi connectivity index (χ2v) is 14.3. The maximum absolute atomic E-state index is 5.14. The fourth-order valence-electron chi connectivity index (χ4n) is 5.32. The van der Waals surface area contributed by atoms with Crippen molar-refractivity contribution in [3.63, 3.8) is 0 Å². The summed E-state index contributed by atoms with van der Waals surface area (Å²) in [5.74, 6) is 1.10. The van der Waals surface area contributed by atoms with Crippen LogP contribution in [0.25, 0.3) is 34.0 Å². The fraction of sp³-hybridized carbons (Fsp3) is 0.371. The van der Waals surface area contributed by atoms with Crippen molar-refractivity contribution in [3.05, 3.63) is 96.1 Å². The summed E-state index contributed by atoms with van der Waals surface area (Å²) < 4.78 is 3.70. The summed E-state index contributed by atoms with van der Waals surface area (Å²) in [4.78, 5) is 29.3. The molecule has 228 valence electrons. The van der Waals surface area contributed by atoms with E-state index in [9.17, 15) is 0 Å². The van der Waals surface area contributed by atoms with Crippen LogP contribution < -0.4 is 0 Å². The van der Waals surface area contributed by atoms with Gasteiger partial charge in [0.2, 0.25) is 0 Å². The molecule has 6 rings (SSSR count). The minimum atomic E-state index is -0.582. The van der Waals surface area contributed by atoms with Gasteiger partial charge in [-0.25, -0.2) is 0 Å². The Morgan fingerprint density at radius 3 is 1.34 bits per heavy atom. The van der Waals surface area contributed by atoms with Gasteiger partial charge in [-0.15, -0.1) is 0 Å². The van der Waals surface area contributed by atoms with Crippen LogP contribution in [0.3, 0.4) is 0 Å². The van der Waals surface area contributed by atoms with Gasteiger partial charge in [-0.1, -0.05) is 90.1 Å². The molecule has 0 aliphatic rings. The van der Waals surface area contributed by atoms with Gasteiger partial charge in [0, 0.05) is 40.8 Å². The van der Waals surface area contributed by atoms with E-state index in [0.717, 1.165) is 57.7 Å². The molecule has 0 fully saturated rings. The molecule has 0 spiro atoms. The first-order valence-corrected chi connectivity index (χ1v) is 14.7. The largest absolute Gasteiger partial charge is 2.00 e. The van der Waals surface area contributed by atoms with E-state index in [2.05, 4.69) is 90.1 Å². The van der Waals surface area contributed by atoms with Crippen molar-refractivity contribution < 1.29 is 21.1 Å². The third-order valence-corrected chi connectivity index (χ3v) is 7.42. The van der Waals surface area contributed by atoms with Gasteiger partial charge in [0.15, 0.2) is 11.9 Å². The van der Waals surface area contributed by atoms with Gasteiger partial charge in [-0.3, -0.25) is 19.9 Å². The molecule has 0 aliphatic heterocycles. The van der Waals surface area contributed by atoms with Crippen molar-refractivity contribution in [3.8, 4) is 11.9 Å². The van der Waals surface area contributed by atoms with Crippen LogP contribution in [0, 0.1) is 23.5 Å². The monoisotopic (exact) mass is 765 g/mol. The van der Waals surface area contributed by atoms with Crippen molar-refractivity contribution in [1.29, 1.82) is 0 Å². The molecule has 0 saturated heterocycles. The molecular formula is C35H38N8Pt. The molecule has 0 N–H and O–H groups in total. The van der Waals surface area contributed by atoms with Gasteiger partial charge in [-0.2, -0.15) is 0 Å². The molecular weight excluding hydrogens is 728 g/mol. The number of hydrogen-bond acceptors (Lipinski definition) is 6. The molecule has 0 radical (unpaired) electrons. The van der Waals surface area contributed by atoms with Crippen LogP contribution in [0.1, 0.15) is 78.2 Å². The average molecular weight is 766 g/mol. The zero-order valence-corrected chi connectivity index (χ0v) is 28.9. The molecule has 4 heterocycles. The molecule has 4 aromatic heterocycles. The number of imidazole rings is 2. The molecule has 9 heteroatoms. The topological polar surface area (TPSA) is 87.2 Å². The van der Waals surface area contributed by atoms with Gasteiger partial charge in [0.05, 0.1) is 0 Å². The standard InChI is InChI=1S/C35H38N8.Pt/c1-33(2,3)19-23-17-29(40-31(38-23)42-21-36-25-13-9-11-15-27(25)42)35(7,8)30-18-24(20-34(4,5)6)39-32(41-30)43-22-37-26-14-10-12-16-28(26)43;/h9-18H,19-20H2,1-8H3;/q-2;+2. The molecule has 8 nitrogen and oxygen atoms in total. The van der Waals surface area contributed by atoms with Crippen molar-refractivity contribution >= 4 is 22.1 Å². The summed E-state index contributed by atoms with van der Waals surface area (Å²) in [6, 6.07) is 20.2. The number of para-hydroxylation sites is 4. The first-order valence-electron chi connectivity index (χ1n) is 14.7. The Hall–Kier alpha value is -3.77. The van der Waals surface area contributed by atoms with E-state index in [4.69, 9.17) is 19.9 Å². The second kappa shape index (κ2) is 11.6. The Morgan fingerprint density at radius 2 is 0.955 bits per heavy atom. The third kappa shape index (κ3) is 6.51. The number of rotatable bonds is 6. The van der Waals surface area contributed by atoms with Crippen LogP contribution in [0.5, 0.6) is 0 Å². The normalized spacial score (nSPS) is 12.5. The molecule has 0 unspecified atom stereocenters. The first-order chi connectivity index (χ1) is 20.3. The number of fused-ring (bicyclic) bond motifs is 2. The zero-order chi connectivity index (χ0) is 30.6. The summed E-state index contributed by atoms with van der Waals surface area (Å²) >= 11 is 0. The number of hydrogen-bond donors (Lipinski definition) is 0. The Bertz CT molecular complexity index is 1800. The van der Waals surface area contributed by atoms with E-state index in [-0.39, 0.29) is 31.9 Å². The van der Waals surface area contributed by atoms with Crippen LogP contribution >= 0.6 is 0 Å². The summed E-state index contributed by atoms with van der Waals surface area (Å²) in [6.45, 7) is 17.7. The Balaban J connectivity index is 0.00000384. The number of nitrogens with zero attached hydrogens (tertiary/aromatic N) is 8. The van der Waals surface area contributed by atoms with E-state index >= 15 is 0 Å². The minimum absolute atomic E-state index is 0. The molecule has 0 atom stereocenters. The maximum Gasteiger partial charge on any atom is 2.00 e.